The summed E-state index contributed by atoms with van der Waals surface area (Å²) in [5.41, 5.74) is 6.21. The lowest BCUT2D eigenvalue weighted by Gasteiger charge is -1.97. The molecule has 0 aliphatic carbocycles. The molecule has 3 N–H and O–H groups in total. The molecular formula is C9H10ClNO. The van der Waals surface area contributed by atoms with Gasteiger partial charge in [0, 0.05) is 6.54 Å². The van der Waals surface area contributed by atoms with Gasteiger partial charge in [0.2, 0.25) is 0 Å². The Morgan fingerprint density at radius 2 is 2.25 bits per heavy atom. The maximum atomic E-state index is 9.09. The number of aromatic hydroxyl groups is 1. The average Bonchev–Trinajstić information content (AvgIpc) is 2.07. The Morgan fingerprint density at radius 3 is 2.83 bits per heavy atom. The summed E-state index contributed by atoms with van der Waals surface area (Å²) in [5, 5.41) is 9.44. The van der Waals surface area contributed by atoms with E-state index in [-0.39, 0.29) is 5.75 Å². The van der Waals surface area contributed by atoms with E-state index in [0.29, 0.717) is 11.6 Å². The highest BCUT2D eigenvalue weighted by Gasteiger charge is 1.96. The van der Waals surface area contributed by atoms with Gasteiger partial charge in [0.25, 0.3) is 0 Å². The highest BCUT2D eigenvalue weighted by atomic mass is 35.5. The minimum Gasteiger partial charge on any atom is -0.506 e. The van der Waals surface area contributed by atoms with E-state index in [1.54, 1.807) is 18.2 Å². The van der Waals surface area contributed by atoms with Crippen molar-refractivity contribution in [1.82, 2.24) is 0 Å². The molecule has 1 aromatic rings. The van der Waals surface area contributed by atoms with Crippen molar-refractivity contribution >= 4 is 17.7 Å². The van der Waals surface area contributed by atoms with Crippen LogP contribution >= 0.6 is 11.6 Å². The van der Waals surface area contributed by atoms with Crippen LogP contribution in [0.15, 0.2) is 24.3 Å². The number of rotatable bonds is 2. The second-order valence-electron chi connectivity index (χ2n) is 2.35. The smallest absolute Gasteiger partial charge is 0.134 e. The zero-order valence-electron chi connectivity index (χ0n) is 6.50. The molecule has 0 spiro atoms. The van der Waals surface area contributed by atoms with E-state index < -0.39 is 0 Å². The number of phenols is 1. The van der Waals surface area contributed by atoms with Gasteiger partial charge in [0.15, 0.2) is 0 Å². The fraction of sp³-hybridized carbons (Fsp3) is 0.111. The molecule has 1 rings (SSSR count). The Labute approximate surface area is 76.3 Å². The first-order valence-electron chi connectivity index (χ1n) is 3.59. The molecule has 0 aromatic heterocycles. The fourth-order valence-electron chi connectivity index (χ4n) is 0.831. The summed E-state index contributed by atoms with van der Waals surface area (Å²) in [5.74, 6) is 0.0987. The Morgan fingerprint density at radius 1 is 1.50 bits per heavy atom. The zero-order valence-corrected chi connectivity index (χ0v) is 7.25. The molecule has 64 valence electrons. The number of phenolic OH excluding ortho intramolecular Hbond substituents is 1. The third-order valence-corrected chi connectivity index (χ3v) is 1.72. The molecule has 12 heavy (non-hydrogen) atoms. The van der Waals surface area contributed by atoms with E-state index in [1.165, 1.54) is 0 Å². The minimum atomic E-state index is 0.0987. The highest BCUT2D eigenvalue weighted by molar-refractivity contribution is 6.32. The molecular weight excluding hydrogens is 174 g/mol. The van der Waals surface area contributed by atoms with Crippen LogP contribution in [0.25, 0.3) is 6.08 Å². The normalized spacial score (nSPS) is 10.8. The quantitative estimate of drug-likeness (QED) is 0.737. The molecule has 0 saturated carbocycles. The molecule has 0 aliphatic rings. The fourth-order valence-corrected chi connectivity index (χ4v) is 1.02. The van der Waals surface area contributed by atoms with Gasteiger partial charge >= 0.3 is 0 Å². The average molecular weight is 184 g/mol. The lowest BCUT2D eigenvalue weighted by Crippen LogP contribution is -1.91. The van der Waals surface area contributed by atoms with Crippen molar-refractivity contribution in [2.45, 2.75) is 0 Å². The van der Waals surface area contributed by atoms with Crippen molar-refractivity contribution in [3.05, 3.63) is 34.9 Å². The van der Waals surface area contributed by atoms with E-state index in [0.717, 1.165) is 5.56 Å². The van der Waals surface area contributed by atoms with E-state index in [9.17, 15) is 0 Å². The number of nitrogens with two attached hydrogens (primary N) is 1. The van der Waals surface area contributed by atoms with Crippen molar-refractivity contribution < 1.29 is 5.11 Å². The zero-order chi connectivity index (χ0) is 8.97. The molecule has 2 nitrogen and oxygen atoms in total. The van der Waals surface area contributed by atoms with Gasteiger partial charge in [-0.2, -0.15) is 0 Å². The summed E-state index contributed by atoms with van der Waals surface area (Å²) in [6.07, 6.45) is 3.67. The van der Waals surface area contributed by atoms with Crippen molar-refractivity contribution in [2.24, 2.45) is 5.73 Å². The van der Waals surface area contributed by atoms with Crippen LogP contribution in [0, 0.1) is 0 Å². The van der Waals surface area contributed by atoms with Crippen molar-refractivity contribution in [3.63, 3.8) is 0 Å². The van der Waals surface area contributed by atoms with E-state index in [4.69, 9.17) is 22.4 Å². The van der Waals surface area contributed by atoms with Crippen LogP contribution in [-0.2, 0) is 0 Å². The van der Waals surface area contributed by atoms with Crippen LogP contribution in [0.4, 0.5) is 0 Å². The van der Waals surface area contributed by atoms with Gasteiger partial charge in [-0.3, -0.25) is 0 Å². The number of benzene rings is 1. The maximum absolute atomic E-state index is 9.09. The van der Waals surface area contributed by atoms with Crippen LogP contribution in [0.2, 0.25) is 5.02 Å². The van der Waals surface area contributed by atoms with Gasteiger partial charge in [-0.15, -0.1) is 0 Å². The minimum absolute atomic E-state index is 0.0987. The molecule has 0 fully saturated rings. The summed E-state index contributed by atoms with van der Waals surface area (Å²) in [6, 6.07) is 5.01. The first kappa shape index (κ1) is 9.10. The van der Waals surface area contributed by atoms with Crippen LogP contribution in [0.1, 0.15) is 5.56 Å². The summed E-state index contributed by atoms with van der Waals surface area (Å²) >= 11 is 5.68. The predicted molar refractivity (Wildman–Crippen MR) is 51.2 cm³/mol. The van der Waals surface area contributed by atoms with Gasteiger partial charge in [-0.1, -0.05) is 29.8 Å². The largest absolute Gasteiger partial charge is 0.506 e. The van der Waals surface area contributed by atoms with Gasteiger partial charge in [0.05, 0.1) is 5.02 Å². The second-order valence-corrected chi connectivity index (χ2v) is 2.76. The van der Waals surface area contributed by atoms with Crippen molar-refractivity contribution in [1.29, 1.82) is 0 Å². The Kier molecular flexibility index (Phi) is 3.14. The van der Waals surface area contributed by atoms with Gasteiger partial charge < -0.3 is 10.8 Å². The first-order valence-corrected chi connectivity index (χ1v) is 3.97. The van der Waals surface area contributed by atoms with Crippen molar-refractivity contribution in [2.75, 3.05) is 6.54 Å². The summed E-state index contributed by atoms with van der Waals surface area (Å²) in [4.78, 5) is 0. The van der Waals surface area contributed by atoms with Gasteiger partial charge in [0.1, 0.15) is 5.75 Å². The number of halogens is 1. The van der Waals surface area contributed by atoms with E-state index >= 15 is 0 Å². The maximum Gasteiger partial charge on any atom is 0.134 e. The van der Waals surface area contributed by atoms with Crippen LogP contribution in [-0.4, -0.2) is 11.7 Å². The molecule has 0 amide bonds. The summed E-state index contributed by atoms with van der Waals surface area (Å²) in [7, 11) is 0. The third kappa shape index (κ3) is 2.26. The standard InChI is InChI=1S/C9H10ClNO/c10-8-6-7(2-1-5-11)3-4-9(8)12/h1-4,6,12H,5,11H2/b2-1+. The Balaban J connectivity index is 2.89. The summed E-state index contributed by atoms with van der Waals surface area (Å²) < 4.78 is 0. The monoisotopic (exact) mass is 183 g/mol. The molecule has 3 heteroatoms. The van der Waals surface area contributed by atoms with Crippen molar-refractivity contribution in [3.8, 4) is 5.75 Å². The lowest BCUT2D eigenvalue weighted by molar-refractivity contribution is 0.475. The first-order chi connectivity index (χ1) is 5.74. The molecule has 0 atom stereocenters. The molecule has 0 radical (unpaired) electrons. The van der Waals surface area contributed by atoms with E-state index in [1.807, 2.05) is 12.2 Å². The molecule has 0 saturated heterocycles. The highest BCUT2D eigenvalue weighted by Crippen LogP contribution is 2.23. The Bertz CT molecular complexity index is 297. The SMILES string of the molecule is NC/C=C/c1ccc(O)c(Cl)c1. The van der Waals surface area contributed by atoms with Crippen LogP contribution in [0.5, 0.6) is 5.75 Å². The second kappa shape index (κ2) is 4.14. The van der Waals surface area contributed by atoms with Crippen LogP contribution < -0.4 is 5.73 Å². The van der Waals surface area contributed by atoms with Gasteiger partial charge in [-0.05, 0) is 17.7 Å². The summed E-state index contributed by atoms with van der Waals surface area (Å²) in [6.45, 7) is 0.499. The molecule has 0 heterocycles. The lowest BCUT2D eigenvalue weighted by atomic mass is 10.2. The molecule has 1 aromatic carbocycles. The molecule has 0 bridgehead atoms. The molecule has 0 unspecified atom stereocenters. The number of hydrogen-bond donors (Lipinski definition) is 2. The predicted octanol–water partition coefficient (Wildman–Crippen LogP) is 2.02. The Hall–Kier alpha value is -0.990. The third-order valence-electron chi connectivity index (χ3n) is 1.42. The van der Waals surface area contributed by atoms with E-state index in [2.05, 4.69) is 0 Å². The van der Waals surface area contributed by atoms with Gasteiger partial charge in [-0.25, -0.2) is 0 Å². The topological polar surface area (TPSA) is 46.2 Å². The number of hydrogen-bond acceptors (Lipinski definition) is 2. The molecule has 0 aliphatic heterocycles. The van der Waals surface area contributed by atoms with Crippen LogP contribution in [0.3, 0.4) is 0 Å².